The third-order valence-corrected chi connectivity index (χ3v) is 3.09. The minimum absolute atomic E-state index is 0.198. The first kappa shape index (κ1) is 13.7. The van der Waals surface area contributed by atoms with Crippen LogP contribution in [0.5, 0.6) is 0 Å². The minimum atomic E-state index is -0.198. The Bertz CT molecular complexity index is 509. The summed E-state index contributed by atoms with van der Waals surface area (Å²) in [5, 5.41) is 6.86. The van der Waals surface area contributed by atoms with Crippen molar-refractivity contribution in [3.8, 4) is 0 Å². The van der Waals surface area contributed by atoms with Crippen LogP contribution in [-0.4, -0.2) is 11.7 Å². The van der Waals surface area contributed by atoms with Crippen LogP contribution in [0.25, 0.3) is 0 Å². The lowest BCUT2D eigenvalue weighted by Gasteiger charge is -2.13. The quantitative estimate of drug-likeness (QED) is 0.827. The summed E-state index contributed by atoms with van der Waals surface area (Å²) >= 11 is 5.20. The van der Waals surface area contributed by atoms with Crippen molar-refractivity contribution < 1.29 is 4.39 Å². The zero-order valence-corrected chi connectivity index (χ0v) is 11.5. The largest absolute Gasteiger partial charge is 0.362 e. The maximum Gasteiger partial charge on any atom is 0.170 e. The fourth-order valence-corrected chi connectivity index (χ4v) is 2.11. The number of benzene rings is 1. The van der Waals surface area contributed by atoms with E-state index in [9.17, 15) is 4.39 Å². The van der Waals surface area contributed by atoms with Gasteiger partial charge in [-0.2, -0.15) is 0 Å². The van der Waals surface area contributed by atoms with Crippen LogP contribution < -0.4 is 10.6 Å². The molecular weight excluding hydrogens is 259 g/mol. The highest BCUT2D eigenvalue weighted by atomic mass is 32.1. The molecule has 0 aliphatic heterocycles. The second-order valence-corrected chi connectivity index (χ2v) is 4.81. The lowest BCUT2D eigenvalue weighted by atomic mass is 10.1. The van der Waals surface area contributed by atoms with Gasteiger partial charge in [-0.25, -0.2) is 4.39 Å². The molecule has 4 heteroatoms. The molecule has 0 heterocycles. The second kappa shape index (κ2) is 7.04. The molecule has 0 aromatic heterocycles. The zero-order valence-electron chi connectivity index (χ0n) is 10.7. The Morgan fingerprint density at radius 3 is 2.95 bits per heavy atom. The van der Waals surface area contributed by atoms with Crippen molar-refractivity contribution in [2.24, 2.45) is 0 Å². The summed E-state index contributed by atoms with van der Waals surface area (Å²) in [4.78, 5) is 0. The van der Waals surface area contributed by atoms with Gasteiger partial charge in [0.15, 0.2) is 5.11 Å². The summed E-state index contributed by atoms with van der Waals surface area (Å²) in [6, 6.07) is 6.63. The van der Waals surface area contributed by atoms with Gasteiger partial charge in [0.1, 0.15) is 5.82 Å². The van der Waals surface area contributed by atoms with Crippen LogP contribution in [0.15, 0.2) is 48.2 Å². The summed E-state index contributed by atoms with van der Waals surface area (Å²) in [5.41, 5.74) is 2.00. The Labute approximate surface area is 118 Å². The van der Waals surface area contributed by atoms with Gasteiger partial charge in [-0.15, -0.1) is 0 Å². The van der Waals surface area contributed by atoms with E-state index in [2.05, 4.69) is 22.8 Å². The van der Waals surface area contributed by atoms with Gasteiger partial charge in [-0.1, -0.05) is 24.3 Å². The van der Waals surface area contributed by atoms with Gasteiger partial charge in [0, 0.05) is 12.2 Å². The number of allylic oxidation sites excluding steroid dienone is 3. The zero-order chi connectivity index (χ0) is 13.5. The van der Waals surface area contributed by atoms with E-state index in [1.165, 1.54) is 6.07 Å². The molecule has 0 radical (unpaired) electrons. The summed E-state index contributed by atoms with van der Waals surface area (Å²) in [5.74, 6) is -0.198. The van der Waals surface area contributed by atoms with Crippen molar-refractivity contribution in [1.82, 2.24) is 10.6 Å². The number of nitrogens with one attached hydrogen (secondary N) is 2. The Balaban J connectivity index is 1.72. The Kier molecular flexibility index (Phi) is 5.10. The molecule has 0 saturated heterocycles. The molecule has 100 valence electrons. The van der Waals surface area contributed by atoms with Crippen LogP contribution in [0.1, 0.15) is 18.4 Å². The molecule has 0 fully saturated rings. The summed E-state index contributed by atoms with van der Waals surface area (Å²) in [7, 11) is 0. The molecule has 0 atom stereocenters. The molecule has 1 aliphatic rings. The summed E-state index contributed by atoms with van der Waals surface area (Å²) in [6.45, 7) is 0.687. The molecule has 0 saturated carbocycles. The van der Waals surface area contributed by atoms with Gasteiger partial charge < -0.3 is 10.6 Å². The Morgan fingerprint density at radius 1 is 1.32 bits per heavy atom. The van der Waals surface area contributed by atoms with Crippen LogP contribution in [0.3, 0.4) is 0 Å². The van der Waals surface area contributed by atoms with Gasteiger partial charge in [0.05, 0.1) is 0 Å². The van der Waals surface area contributed by atoms with E-state index in [1.54, 1.807) is 12.1 Å². The third kappa shape index (κ3) is 4.83. The fourth-order valence-electron chi connectivity index (χ4n) is 1.89. The van der Waals surface area contributed by atoms with Crippen molar-refractivity contribution in [1.29, 1.82) is 0 Å². The number of rotatable bonds is 4. The maximum absolute atomic E-state index is 13.0. The lowest BCUT2D eigenvalue weighted by Crippen LogP contribution is -2.35. The average molecular weight is 276 g/mol. The predicted molar refractivity (Wildman–Crippen MR) is 80.3 cm³/mol. The Hall–Kier alpha value is -1.68. The minimum Gasteiger partial charge on any atom is -0.362 e. The van der Waals surface area contributed by atoms with Crippen LogP contribution in [0.2, 0.25) is 0 Å². The Morgan fingerprint density at radius 2 is 2.21 bits per heavy atom. The molecule has 0 bridgehead atoms. The predicted octanol–water partition coefficient (Wildman–Crippen LogP) is 3.07. The smallest absolute Gasteiger partial charge is 0.170 e. The van der Waals surface area contributed by atoms with Crippen molar-refractivity contribution in [2.45, 2.75) is 19.3 Å². The fraction of sp³-hybridized carbons (Fsp3) is 0.267. The van der Waals surface area contributed by atoms with E-state index in [4.69, 9.17) is 12.2 Å². The summed E-state index contributed by atoms with van der Waals surface area (Å²) in [6.07, 6.45) is 9.16. The number of hydrogen-bond donors (Lipinski definition) is 2. The van der Waals surface area contributed by atoms with Gasteiger partial charge in [0.25, 0.3) is 0 Å². The van der Waals surface area contributed by atoms with Crippen molar-refractivity contribution in [2.75, 3.05) is 6.54 Å². The highest BCUT2D eigenvalue weighted by Gasteiger charge is 2.01. The highest BCUT2D eigenvalue weighted by Crippen LogP contribution is 2.06. The van der Waals surface area contributed by atoms with E-state index < -0.39 is 0 Å². The first-order chi connectivity index (χ1) is 9.24. The SMILES string of the molecule is Fc1cccc(CCNC(=S)NC2=CCCC=C2)c1. The monoisotopic (exact) mass is 276 g/mol. The molecule has 1 aliphatic carbocycles. The van der Waals surface area contributed by atoms with E-state index in [1.807, 2.05) is 12.1 Å². The molecule has 2 rings (SSSR count). The second-order valence-electron chi connectivity index (χ2n) is 4.40. The molecule has 0 amide bonds. The van der Waals surface area contributed by atoms with E-state index in [-0.39, 0.29) is 5.82 Å². The highest BCUT2D eigenvalue weighted by molar-refractivity contribution is 7.80. The molecule has 19 heavy (non-hydrogen) atoms. The van der Waals surface area contributed by atoms with E-state index in [0.717, 1.165) is 30.5 Å². The van der Waals surface area contributed by atoms with E-state index >= 15 is 0 Å². The van der Waals surface area contributed by atoms with Gasteiger partial charge in [-0.3, -0.25) is 0 Å². The average Bonchev–Trinajstić information content (AvgIpc) is 2.40. The molecule has 2 N–H and O–H groups in total. The van der Waals surface area contributed by atoms with Gasteiger partial charge in [0.2, 0.25) is 0 Å². The van der Waals surface area contributed by atoms with Crippen molar-refractivity contribution >= 4 is 17.3 Å². The first-order valence-electron chi connectivity index (χ1n) is 6.40. The molecular formula is C15H17FN2S. The topological polar surface area (TPSA) is 24.1 Å². The van der Waals surface area contributed by atoms with E-state index in [0.29, 0.717) is 11.7 Å². The first-order valence-corrected chi connectivity index (χ1v) is 6.81. The normalized spacial score (nSPS) is 13.8. The van der Waals surface area contributed by atoms with Crippen LogP contribution >= 0.6 is 12.2 Å². The molecule has 1 aromatic carbocycles. The van der Waals surface area contributed by atoms with Crippen molar-refractivity contribution in [3.05, 3.63) is 59.6 Å². The number of thiocarbonyl (C=S) groups is 1. The maximum atomic E-state index is 13.0. The number of hydrogen-bond acceptors (Lipinski definition) is 1. The standard InChI is InChI=1S/C15H17FN2S/c16-13-6-4-5-12(11-13)9-10-17-15(19)18-14-7-2-1-3-8-14/h2,4-8,11H,1,3,9-10H2,(H2,17,18,19). The van der Waals surface area contributed by atoms with Crippen LogP contribution in [0.4, 0.5) is 4.39 Å². The lowest BCUT2D eigenvalue weighted by molar-refractivity contribution is 0.625. The molecule has 1 aromatic rings. The van der Waals surface area contributed by atoms with Gasteiger partial charge >= 0.3 is 0 Å². The van der Waals surface area contributed by atoms with Crippen LogP contribution in [-0.2, 0) is 6.42 Å². The molecule has 2 nitrogen and oxygen atoms in total. The van der Waals surface area contributed by atoms with Crippen molar-refractivity contribution in [3.63, 3.8) is 0 Å². The third-order valence-electron chi connectivity index (χ3n) is 2.84. The van der Waals surface area contributed by atoms with Gasteiger partial charge in [-0.05, 0) is 55.3 Å². The van der Waals surface area contributed by atoms with Crippen LogP contribution in [0, 0.1) is 5.82 Å². The molecule has 0 spiro atoms. The summed E-state index contributed by atoms with van der Waals surface area (Å²) < 4.78 is 13.0. The molecule has 0 unspecified atom stereocenters. The number of halogens is 1.